The van der Waals surface area contributed by atoms with E-state index in [1.165, 1.54) is 0 Å². The van der Waals surface area contributed by atoms with Crippen LogP contribution in [0.25, 0.3) is 11.3 Å². The lowest BCUT2D eigenvalue weighted by molar-refractivity contribution is -0.00000783. The maximum Gasteiger partial charge on any atom is 0.187 e. The van der Waals surface area contributed by atoms with Gasteiger partial charge < -0.3 is 27.4 Å². The Morgan fingerprint density at radius 1 is 0.897 bits per heavy atom. The number of anilines is 2. The number of thiazole rings is 1. The molecule has 0 aliphatic carbocycles. The first kappa shape index (κ1) is 23.4. The fourth-order valence-electron chi connectivity index (χ4n) is 3.28. The van der Waals surface area contributed by atoms with Crippen LogP contribution in [0.1, 0.15) is 57.5 Å². The molecule has 5 heteroatoms. The lowest BCUT2D eigenvalue weighted by Crippen LogP contribution is -3.00. The zero-order valence-corrected chi connectivity index (χ0v) is 20.6. The molecule has 0 unspecified atom stereocenters. The molecular formula is C24H30BrN2OS-. The summed E-state index contributed by atoms with van der Waals surface area (Å²) >= 11 is 1.65. The monoisotopic (exact) mass is 473 g/mol. The number of aryl methyl sites for hydroxylation is 1. The van der Waals surface area contributed by atoms with Crippen LogP contribution >= 0.6 is 11.3 Å². The number of benzene rings is 2. The van der Waals surface area contributed by atoms with E-state index in [9.17, 15) is 5.11 Å². The van der Waals surface area contributed by atoms with Gasteiger partial charge in [0.25, 0.3) is 0 Å². The van der Waals surface area contributed by atoms with E-state index in [2.05, 4.69) is 65.9 Å². The topological polar surface area (TPSA) is 45.2 Å². The highest BCUT2D eigenvalue weighted by Crippen LogP contribution is 2.43. The molecule has 0 fully saturated rings. The standard InChI is InChI=1S/C24H30N2OS.BrH/c1-15-20(26-22(28-15)25-17-11-9-8-10-12-17)16-13-18(23(2,3)4)21(27)19(14-16)24(5,6)7;/h8-14,27H,1-7H3,(H,25,26);1H/p-1. The molecule has 156 valence electrons. The molecule has 3 nitrogen and oxygen atoms in total. The second kappa shape index (κ2) is 8.49. The third-order valence-corrected chi connectivity index (χ3v) is 5.71. The van der Waals surface area contributed by atoms with Gasteiger partial charge in [-0.2, -0.15) is 0 Å². The average molecular weight is 474 g/mol. The van der Waals surface area contributed by atoms with Gasteiger partial charge >= 0.3 is 0 Å². The van der Waals surface area contributed by atoms with Crippen molar-refractivity contribution in [2.75, 3.05) is 5.32 Å². The minimum atomic E-state index is -0.158. The fraction of sp³-hybridized carbons (Fsp3) is 0.375. The summed E-state index contributed by atoms with van der Waals surface area (Å²) in [5.74, 6) is 0.402. The van der Waals surface area contributed by atoms with Crippen LogP contribution < -0.4 is 22.3 Å². The predicted molar refractivity (Wildman–Crippen MR) is 121 cm³/mol. The van der Waals surface area contributed by atoms with Crippen LogP contribution in [0.2, 0.25) is 0 Å². The number of aromatic nitrogens is 1. The minimum absolute atomic E-state index is 0. The Hall–Kier alpha value is -1.85. The third kappa shape index (κ3) is 5.20. The van der Waals surface area contributed by atoms with Crippen molar-refractivity contribution in [3.8, 4) is 17.0 Å². The van der Waals surface area contributed by atoms with E-state index < -0.39 is 0 Å². The Morgan fingerprint density at radius 2 is 1.41 bits per heavy atom. The molecular weight excluding hydrogens is 444 g/mol. The van der Waals surface area contributed by atoms with Crippen molar-refractivity contribution in [1.29, 1.82) is 0 Å². The fourth-order valence-corrected chi connectivity index (χ4v) is 4.13. The van der Waals surface area contributed by atoms with Gasteiger partial charge in [-0.15, -0.1) is 11.3 Å². The number of nitrogens with zero attached hydrogens (tertiary/aromatic N) is 1. The SMILES string of the molecule is Cc1sc(Nc2ccccc2)nc1-c1cc(C(C)(C)C)c(O)c(C(C)(C)C)c1.[Br-]. The molecule has 0 amide bonds. The van der Waals surface area contributed by atoms with Gasteiger partial charge in [-0.3, -0.25) is 0 Å². The summed E-state index contributed by atoms with van der Waals surface area (Å²) in [7, 11) is 0. The van der Waals surface area contributed by atoms with Gasteiger partial charge in [0.15, 0.2) is 5.13 Å². The molecule has 2 N–H and O–H groups in total. The molecule has 3 rings (SSSR count). The third-order valence-electron chi connectivity index (χ3n) is 4.82. The Morgan fingerprint density at radius 3 is 1.90 bits per heavy atom. The predicted octanol–water partition coefficient (Wildman–Crippen LogP) is 4.17. The first-order valence-electron chi connectivity index (χ1n) is 9.64. The van der Waals surface area contributed by atoms with Crippen molar-refractivity contribution >= 4 is 22.2 Å². The van der Waals surface area contributed by atoms with E-state index in [0.29, 0.717) is 5.75 Å². The number of hydrogen-bond acceptors (Lipinski definition) is 4. The van der Waals surface area contributed by atoms with Crippen LogP contribution in [0, 0.1) is 6.92 Å². The molecule has 0 bridgehead atoms. The molecule has 29 heavy (non-hydrogen) atoms. The van der Waals surface area contributed by atoms with Crippen molar-refractivity contribution in [2.24, 2.45) is 0 Å². The van der Waals surface area contributed by atoms with Gasteiger partial charge in [-0.1, -0.05) is 59.7 Å². The van der Waals surface area contributed by atoms with Crippen LogP contribution in [0.15, 0.2) is 42.5 Å². The lowest BCUT2D eigenvalue weighted by atomic mass is 9.78. The second-order valence-electron chi connectivity index (χ2n) is 9.33. The number of para-hydroxylation sites is 1. The highest BCUT2D eigenvalue weighted by molar-refractivity contribution is 7.16. The summed E-state index contributed by atoms with van der Waals surface area (Å²) in [6.07, 6.45) is 0. The number of hydrogen-bond donors (Lipinski definition) is 2. The number of aromatic hydroxyl groups is 1. The first-order chi connectivity index (χ1) is 13.0. The quantitative estimate of drug-likeness (QED) is 0.599. The number of rotatable bonds is 3. The van der Waals surface area contributed by atoms with Crippen molar-refractivity contribution < 1.29 is 22.1 Å². The highest BCUT2D eigenvalue weighted by Gasteiger charge is 2.27. The van der Waals surface area contributed by atoms with Crippen molar-refractivity contribution in [3.05, 3.63) is 58.5 Å². The van der Waals surface area contributed by atoms with E-state index in [1.807, 2.05) is 30.3 Å². The van der Waals surface area contributed by atoms with E-state index in [-0.39, 0.29) is 27.8 Å². The Labute approximate surface area is 189 Å². The van der Waals surface area contributed by atoms with E-state index >= 15 is 0 Å². The molecule has 0 spiro atoms. The minimum Gasteiger partial charge on any atom is -1.00 e. The van der Waals surface area contributed by atoms with Gasteiger partial charge in [0, 0.05) is 27.3 Å². The van der Waals surface area contributed by atoms with E-state index in [1.54, 1.807) is 11.3 Å². The van der Waals surface area contributed by atoms with Gasteiger partial charge in [-0.05, 0) is 42.0 Å². The maximum absolute atomic E-state index is 11.0. The summed E-state index contributed by atoms with van der Waals surface area (Å²) in [6, 6.07) is 14.3. The molecule has 0 aliphatic rings. The zero-order chi connectivity index (χ0) is 20.7. The molecule has 3 aromatic rings. The van der Waals surface area contributed by atoms with E-state index in [0.717, 1.165) is 38.1 Å². The Bertz CT molecular complexity index is 947. The normalized spacial score (nSPS) is 11.8. The Balaban J connectivity index is 0.00000300. The smallest absolute Gasteiger partial charge is 0.187 e. The zero-order valence-electron chi connectivity index (χ0n) is 18.2. The van der Waals surface area contributed by atoms with Crippen molar-refractivity contribution in [3.63, 3.8) is 0 Å². The largest absolute Gasteiger partial charge is 1.00 e. The summed E-state index contributed by atoms with van der Waals surface area (Å²) in [6.45, 7) is 14.9. The Kier molecular flexibility index (Phi) is 6.86. The van der Waals surface area contributed by atoms with Crippen molar-refractivity contribution in [2.45, 2.75) is 59.3 Å². The van der Waals surface area contributed by atoms with Gasteiger partial charge in [-0.25, -0.2) is 4.98 Å². The second-order valence-corrected chi connectivity index (χ2v) is 10.5. The molecule has 1 heterocycles. The molecule has 0 aliphatic heterocycles. The molecule has 2 aromatic carbocycles. The summed E-state index contributed by atoms with van der Waals surface area (Å²) < 4.78 is 0. The molecule has 1 aromatic heterocycles. The number of phenols is 1. The first-order valence-corrected chi connectivity index (χ1v) is 10.5. The van der Waals surface area contributed by atoms with Crippen LogP contribution in [0.4, 0.5) is 10.8 Å². The molecule has 0 saturated heterocycles. The summed E-state index contributed by atoms with van der Waals surface area (Å²) in [4.78, 5) is 6.03. The maximum atomic E-state index is 11.0. The molecule has 0 atom stereocenters. The summed E-state index contributed by atoms with van der Waals surface area (Å²) in [5, 5.41) is 15.2. The summed E-state index contributed by atoms with van der Waals surface area (Å²) in [5.41, 5.74) is 4.66. The van der Waals surface area contributed by atoms with E-state index in [4.69, 9.17) is 4.98 Å². The van der Waals surface area contributed by atoms with Crippen LogP contribution in [0.3, 0.4) is 0 Å². The molecule has 0 saturated carbocycles. The number of nitrogens with one attached hydrogen (secondary N) is 1. The average Bonchev–Trinajstić information content (AvgIpc) is 2.94. The number of phenolic OH excluding ortho intramolecular Hbond substituents is 1. The van der Waals surface area contributed by atoms with Crippen LogP contribution in [0.5, 0.6) is 5.75 Å². The number of halogens is 1. The highest BCUT2D eigenvalue weighted by atomic mass is 79.9. The van der Waals surface area contributed by atoms with Gasteiger partial charge in [0.05, 0.1) is 5.69 Å². The molecule has 0 radical (unpaired) electrons. The van der Waals surface area contributed by atoms with Crippen molar-refractivity contribution in [1.82, 2.24) is 4.98 Å². The van der Waals surface area contributed by atoms with Crippen LogP contribution in [-0.2, 0) is 10.8 Å². The van der Waals surface area contributed by atoms with Crippen LogP contribution in [-0.4, -0.2) is 10.1 Å². The lowest BCUT2D eigenvalue weighted by Gasteiger charge is -2.28. The van der Waals surface area contributed by atoms with Gasteiger partial charge in [0.2, 0.25) is 0 Å². The van der Waals surface area contributed by atoms with Gasteiger partial charge in [0.1, 0.15) is 5.75 Å².